The van der Waals surface area contributed by atoms with E-state index in [0.29, 0.717) is 35.7 Å². The summed E-state index contributed by atoms with van der Waals surface area (Å²) in [6.07, 6.45) is 3.59. The molecule has 0 spiro atoms. The number of ether oxygens (including phenoxy) is 3. The normalized spacial score (nSPS) is 21.7. The number of allylic oxidation sites excluding steroid dienone is 1. The second-order valence-corrected chi connectivity index (χ2v) is 6.30. The van der Waals surface area contributed by atoms with Crippen LogP contribution in [0, 0.1) is 0 Å². The maximum atomic E-state index is 13.1. The molecule has 1 fully saturated rings. The molecule has 2 heterocycles. The summed E-state index contributed by atoms with van der Waals surface area (Å²) in [6, 6.07) is 7.35. The fraction of sp³-hybridized carbons (Fsp3) is 0.400. The minimum Gasteiger partial charge on any atom is -0.496 e. The van der Waals surface area contributed by atoms with Crippen LogP contribution in [0.25, 0.3) is 6.08 Å². The molecular formula is C20H23NO5. The summed E-state index contributed by atoms with van der Waals surface area (Å²) >= 11 is 0. The highest BCUT2D eigenvalue weighted by Crippen LogP contribution is 2.34. The lowest BCUT2D eigenvalue weighted by Crippen LogP contribution is -2.33. The summed E-state index contributed by atoms with van der Waals surface area (Å²) in [4.78, 5) is 27.0. The Labute approximate surface area is 153 Å². The number of hydrogen-bond acceptors (Lipinski definition) is 5. The average Bonchev–Trinajstić information content (AvgIpc) is 3.25. The molecule has 0 aromatic heterocycles. The van der Waals surface area contributed by atoms with Crippen LogP contribution >= 0.6 is 0 Å². The maximum Gasteiger partial charge on any atom is 0.340 e. The van der Waals surface area contributed by atoms with Gasteiger partial charge in [0.25, 0.3) is 5.91 Å². The molecule has 1 amide bonds. The van der Waals surface area contributed by atoms with Gasteiger partial charge in [-0.3, -0.25) is 4.79 Å². The van der Waals surface area contributed by atoms with E-state index in [1.54, 1.807) is 25.0 Å². The number of carbonyl (C=O) groups is 2. The number of para-hydroxylation sites is 1. The van der Waals surface area contributed by atoms with E-state index in [1.807, 2.05) is 24.3 Å². The second-order valence-electron chi connectivity index (χ2n) is 6.30. The first-order chi connectivity index (χ1) is 12.6. The van der Waals surface area contributed by atoms with Crippen LogP contribution in [-0.2, 0) is 19.1 Å². The van der Waals surface area contributed by atoms with Gasteiger partial charge in [0.15, 0.2) is 0 Å². The third-order valence-electron chi connectivity index (χ3n) is 4.75. The molecule has 1 atom stereocenters. The summed E-state index contributed by atoms with van der Waals surface area (Å²) in [5.74, 6) is -0.108. The highest BCUT2D eigenvalue weighted by Gasteiger charge is 2.38. The molecule has 1 aromatic carbocycles. The van der Waals surface area contributed by atoms with Crippen molar-refractivity contribution >= 4 is 18.0 Å². The number of amides is 1. The molecule has 2 aliphatic rings. The van der Waals surface area contributed by atoms with Crippen molar-refractivity contribution in [3.63, 3.8) is 0 Å². The van der Waals surface area contributed by atoms with Crippen molar-refractivity contribution in [1.29, 1.82) is 0 Å². The molecule has 0 bridgehead atoms. The lowest BCUT2D eigenvalue weighted by Gasteiger charge is -2.21. The van der Waals surface area contributed by atoms with Gasteiger partial charge in [-0.25, -0.2) is 4.79 Å². The van der Waals surface area contributed by atoms with Crippen LogP contribution < -0.4 is 4.74 Å². The van der Waals surface area contributed by atoms with E-state index < -0.39 is 5.97 Å². The first-order valence-electron chi connectivity index (χ1n) is 8.64. The Bertz CT molecular complexity index is 774. The molecule has 0 aliphatic carbocycles. The predicted molar refractivity (Wildman–Crippen MR) is 96.4 cm³/mol. The van der Waals surface area contributed by atoms with E-state index in [4.69, 9.17) is 14.2 Å². The van der Waals surface area contributed by atoms with Gasteiger partial charge in [-0.2, -0.15) is 0 Å². The molecule has 1 aromatic rings. The lowest BCUT2D eigenvalue weighted by atomic mass is 10.0. The Morgan fingerprint density at radius 2 is 2.12 bits per heavy atom. The van der Waals surface area contributed by atoms with Crippen LogP contribution in [0.4, 0.5) is 0 Å². The zero-order valence-corrected chi connectivity index (χ0v) is 15.3. The maximum absolute atomic E-state index is 13.1. The van der Waals surface area contributed by atoms with E-state index >= 15 is 0 Å². The van der Waals surface area contributed by atoms with Crippen LogP contribution in [0.1, 0.15) is 25.3 Å². The van der Waals surface area contributed by atoms with Crippen molar-refractivity contribution in [3.8, 4) is 5.75 Å². The summed E-state index contributed by atoms with van der Waals surface area (Å²) in [5, 5.41) is 0. The van der Waals surface area contributed by atoms with E-state index in [1.165, 1.54) is 7.11 Å². The van der Waals surface area contributed by atoms with Crippen molar-refractivity contribution in [1.82, 2.24) is 4.90 Å². The topological polar surface area (TPSA) is 65.1 Å². The predicted octanol–water partition coefficient (Wildman–Crippen LogP) is 2.55. The number of methoxy groups -OCH3 is 2. The van der Waals surface area contributed by atoms with Crippen LogP contribution in [0.15, 0.2) is 41.1 Å². The molecule has 26 heavy (non-hydrogen) atoms. The van der Waals surface area contributed by atoms with Gasteiger partial charge >= 0.3 is 5.97 Å². The largest absolute Gasteiger partial charge is 0.496 e. The Morgan fingerprint density at radius 1 is 1.35 bits per heavy atom. The van der Waals surface area contributed by atoms with Crippen LogP contribution in [-0.4, -0.2) is 50.3 Å². The van der Waals surface area contributed by atoms with Crippen molar-refractivity contribution in [2.24, 2.45) is 0 Å². The molecule has 0 saturated carbocycles. The third kappa shape index (κ3) is 3.37. The molecule has 6 nitrogen and oxygen atoms in total. The summed E-state index contributed by atoms with van der Waals surface area (Å²) in [6.45, 7) is 2.92. The number of nitrogens with zero attached hydrogens (tertiary/aromatic N) is 1. The van der Waals surface area contributed by atoms with Gasteiger partial charge in [-0.1, -0.05) is 18.2 Å². The highest BCUT2D eigenvalue weighted by atomic mass is 16.5. The highest BCUT2D eigenvalue weighted by molar-refractivity contribution is 6.16. The number of hydrogen-bond donors (Lipinski definition) is 0. The summed E-state index contributed by atoms with van der Waals surface area (Å²) < 4.78 is 15.9. The number of carbonyl (C=O) groups excluding carboxylic acids is 2. The zero-order valence-electron chi connectivity index (χ0n) is 15.3. The fourth-order valence-electron chi connectivity index (χ4n) is 3.38. The third-order valence-corrected chi connectivity index (χ3v) is 4.75. The van der Waals surface area contributed by atoms with E-state index in [0.717, 1.165) is 18.4 Å². The Hall–Kier alpha value is -2.60. The first-order valence-corrected chi connectivity index (χ1v) is 8.64. The Kier molecular flexibility index (Phi) is 5.42. The molecule has 3 rings (SSSR count). The first kappa shape index (κ1) is 18.2. The number of esters is 1. The van der Waals surface area contributed by atoms with Gasteiger partial charge in [-0.05, 0) is 31.9 Å². The smallest absolute Gasteiger partial charge is 0.340 e. The van der Waals surface area contributed by atoms with Crippen LogP contribution in [0.2, 0.25) is 0 Å². The average molecular weight is 357 g/mol. The minimum atomic E-state index is -0.521. The molecule has 138 valence electrons. The number of rotatable bonds is 5. The van der Waals surface area contributed by atoms with E-state index in [2.05, 4.69) is 0 Å². The fourth-order valence-corrected chi connectivity index (χ4v) is 3.38. The molecule has 2 aliphatic heterocycles. The molecule has 0 N–H and O–H groups in total. The van der Waals surface area contributed by atoms with E-state index in [-0.39, 0.29) is 12.0 Å². The number of benzene rings is 1. The van der Waals surface area contributed by atoms with Crippen LogP contribution in [0.3, 0.4) is 0 Å². The minimum absolute atomic E-state index is 0.00147. The van der Waals surface area contributed by atoms with Crippen molar-refractivity contribution in [2.45, 2.75) is 25.9 Å². The molecule has 0 radical (unpaired) electrons. The summed E-state index contributed by atoms with van der Waals surface area (Å²) in [7, 11) is 2.89. The van der Waals surface area contributed by atoms with Gasteiger partial charge < -0.3 is 19.1 Å². The lowest BCUT2D eigenvalue weighted by molar-refractivity contribution is -0.136. The zero-order chi connectivity index (χ0) is 18.7. The van der Waals surface area contributed by atoms with E-state index in [9.17, 15) is 9.59 Å². The molecule has 1 saturated heterocycles. The van der Waals surface area contributed by atoms with Gasteiger partial charge in [0.05, 0.1) is 38.0 Å². The van der Waals surface area contributed by atoms with Gasteiger partial charge in [0.2, 0.25) is 0 Å². The standard InChI is InChI=1S/C20H23NO5/c1-13-18(20(23)25-3)16(11-14-7-4-5-9-17(14)24-2)19(22)21(13)12-15-8-6-10-26-15/h4-5,7,9,11,15H,6,8,10,12H2,1-3H3/b16-11-/t15-/m1/s1. The quantitative estimate of drug-likeness (QED) is 0.599. The van der Waals surface area contributed by atoms with Gasteiger partial charge in [0.1, 0.15) is 5.75 Å². The second kappa shape index (κ2) is 7.74. The molecular weight excluding hydrogens is 334 g/mol. The van der Waals surface area contributed by atoms with Crippen molar-refractivity contribution < 1.29 is 23.8 Å². The van der Waals surface area contributed by atoms with Crippen molar-refractivity contribution in [2.75, 3.05) is 27.4 Å². The Balaban J connectivity index is 2.01. The van der Waals surface area contributed by atoms with Gasteiger partial charge in [0, 0.05) is 17.9 Å². The van der Waals surface area contributed by atoms with Gasteiger partial charge in [-0.15, -0.1) is 0 Å². The SMILES string of the molecule is COC(=O)C1=C(C)N(C[C@H]2CCCO2)C(=O)/C1=C\c1ccccc1OC. The van der Waals surface area contributed by atoms with Crippen molar-refractivity contribution in [3.05, 3.63) is 46.7 Å². The molecule has 6 heteroatoms. The monoisotopic (exact) mass is 357 g/mol. The summed E-state index contributed by atoms with van der Waals surface area (Å²) in [5.41, 5.74) is 1.93. The Morgan fingerprint density at radius 3 is 2.77 bits per heavy atom. The van der Waals surface area contributed by atoms with Crippen LogP contribution in [0.5, 0.6) is 5.75 Å². The molecule has 0 unspecified atom stereocenters.